The minimum atomic E-state index is -2.00. The maximum absolute atomic E-state index is 6.12. The van der Waals surface area contributed by atoms with E-state index < -0.39 is 16.9 Å². The zero-order chi connectivity index (χ0) is 11.9. The number of rotatable bonds is 8. The lowest BCUT2D eigenvalue weighted by molar-refractivity contribution is 0.157. The lowest BCUT2D eigenvalue weighted by Gasteiger charge is -2.34. The lowest BCUT2D eigenvalue weighted by Crippen LogP contribution is -2.54. The smallest absolute Gasteiger partial charge is 0.321 e. The molecule has 0 aromatic rings. The van der Waals surface area contributed by atoms with Crippen molar-refractivity contribution in [3.63, 3.8) is 0 Å². The fraction of sp³-hybridized carbons (Fsp3) is 1.00. The minimum absolute atomic E-state index is 0.646. The second-order valence-electron chi connectivity index (χ2n) is 4.23. The monoisotopic (exact) mass is 252 g/mol. The molecule has 0 aliphatic rings. The van der Waals surface area contributed by atoms with Gasteiger partial charge in [-0.15, -0.1) is 0 Å². The van der Waals surface area contributed by atoms with Gasteiger partial charge >= 0.3 is 8.56 Å². The van der Waals surface area contributed by atoms with Crippen molar-refractivity contribution in [3.05, 3.63) is 0 Å². The van der Waals surface area contributed by atoms with Crippen molar-refractivity contribution in [2.24, 2.45) is 0 Å². The normalized spacial score (nSPS) is 16.4. The van der Waals surface area contributed by atoms with Crippen molar-refractivity contribution in [2.75, 3.05) is 33.3 Å². The standard InChI is InChI=1S/C9H24O4Si2/c1-7-12-9-15(6,8-10-2)13-14(4,5)11-3/h7-9H2,1-6H3. The van der Waals surface area contributed by atoms with E-state index in [1.807, 2.05) is 20.0 Å². The Bertz CT molecular complexity index is 177. The molecule has 15 heavy (non-hydrogen) atoms. The molecule has 0 amide bonds. The van der Waals surface area contributed by atoms with Crippen LogP contribution >= 0.6 is 0 Å². The molecular weight excluding hydrogens is 228 g/mol. The molecule has 0 saturated heterocycles. The van der Waals surface area contributed by atoms with Crippen LogP contribution in [0.5, 0.6) is 0 Å². The van der Waals surface area contributed by atoms with Crippen LogP contribution in [0.25, 0.3) is 0 Å². The third-order valence-electron chi connectivity index (χ3n) is 2.04. The number of ether oxygens (including phenoxy) is 2. The number of hydrogen-bond acceptors (Lipinski definition) is 4. The fourth-order valence-corrected chi connectivity index (χ4v) is 8.24. The molecule has 0 aromatic carbocycles. The van der Waals surface area contributed by atoms with Gasteiger partial charge < -0.3 is 18.0 Å². The third kappa shape index (κ3) is 6.44. The third-order valence-corrected chi connectivity index (χ3v) is 8.68. The molecule has 1 atom stereocenters. The molecule has 0 aliphatic heterocycles. The van der Waals surface area contributed by atoms with Crippen LogP contribution in [0.2, 0.25) is 19.6 Å². The Hall–Kier alpha value is 0.274. The van der Waals surface area contributed by atoms with Gasteiger partial charge in [-0.25, -0.2) is 0 Å². The van der Waals surface area contributed by atoms with Gasteiger partial charge in [0.2, 0.25) is 8.32 Å². The number of hydrogen-bond donors (Lipinski definition) is 0. The Labute approximate surface area is 95.2 Å². The summed E-state index contributed by atoms with van der Waals surface area (Å²) in [5.41, 5.74) is 0. The largest absolute Gasteiger partial charge is 0.432 e. The summed E-state index contributed by atoms with van der Waals surface area (Å²) >= 11 is 0. The molecule has 6 heteroatoms. The summed E-state index contributed by atoms with van der Waals surface area (Å²) in [6.07, 6.45) is 1.31. The van der Waals surface area contributed by atoms with Gasteiger partial charge in [-0.3, -0.25) is 0 Å². The quantitative estimate of drug-likeness (QED) is 0.616. The molecular formula is C9H24O4Si2. The van der Waals surface area contributed by atoms with E-state index in [4.69, 9.17) is 18.0 Å². The molecule has 0 fully saturated rings. The average Bonchev–Trinajstić information content (AvgIpc) is 2.14. The van der Waals surface area contributed by atoms with Crippen molar-refractivity contribution < 1.29 is 18.0 Å². The van der Waals surface area contributed by atoms with Gasteiger partial charge in [0.15, 0.2) is 0 Å². The molecule has 0 radical (unpaired) electrons. The summed E-state index contributed by atoms with van der Waals surface area (Å²) in [7, 11) is -0.533. The summed E-state index contributed by atoms with van der Waals surface area (Å²) in [6, 6.07) is 0. The van der Waals surface area contributed by atoms with Crippen molar-refractivity contribution >= 4 is 16.9 Å². The minimum Gasteiger partial charge on any atom is -0.432 e. The van der Waals surface area contributed by atoms with Crippen molar-refractivity contribution in [1.29, 1.82) is 0 Å². The van der Waals surface area contributed by atoms with Gasteiger partial charge in [0.1, 0.15) is 0 Å². The first-order valence-electron chi connectivity index (χ1n) is 5.21. The van der Waals surface area contributed by atoms with Crippen LogP contribution in [-0.2, 0) is 18.0 Å². The van der Waals surface area contributed by atoms with Crippen LogP contribution in [0.1, 0.15) is 6.92 Å². The molecule has 4 nitrogen and oxygen atoms in total. The van der Waals surface area contributed by atoms with Crippen LogP contribution in [0, 0.1) is 0 Å². The zero-order valence-corrected chi connectivity index (χ0v) is 12.8. The highest BCUT2D eigenvalue weighted by Crippen LogP contribution is 2.15. The highest BCUT2D eigenvalue weighted by atomic mass is 28.4. The van der Waals surface area contributed by atoms with Crippen LogP contribution in [0.15, 0.2) is 0 Å². The first-order valence-corrected chi connectivity index (χ1v) is 10.8. The Morgan fingerprint density at radius 1 is 1.00 bits per heavy atom. The maximum atomic E-state index is 6.12. The first-order chi connectivity index (χ1) is 6.89. The van der Waals surface area contributed by atoms with Gasteiger partial charge in [-0.2, -0.15) is 0 Å². The van der Waals surface area contributed by atoms with Crippen LogP contribution < -0.4 is 0 Å². The highest BCUT2D eigenvalue weighted by Gasteiger charge is 2.38. The number of methoxy groups -OCH3 is 1. The van der Waals surface area contributed by atoms with Crippen LogP contribution in [0.4, 0.5) is 0 Å². The van der Waals surface area contributed by atoms with Gasteiger partial charge in [-0.05, 0) is 26.6 Å². The first kappa shape index (κ1) is 15.3. The summed E-state index contributed by atoms with van der Waals surface area (Å²) in [5, 5.41) is 0. The van der Waals surface area contributed by atoms with Gasteiger partial charge in [0.25, 0.3) is 0 Å². The summed E-state index contributed by atoms with van der Waals surface area (Å²) in [4.78, 5) is 0. The summed E-state index contributed by atoms with van der Waals surface area (Å²) < 4.78 is 22.2. The topological polar surface area (TPSA) is 36.9 Å². The predicted octanol–water partition coefficient (Wildman–Crippen LogP) is 1.69. The second kappa shape index (κ2) is 6.77. The Balaban J connectivity index is 4.35. The van der Waals surface area contributed by atoms with E-state index in [2.05, 4.69) is 6.55 Å². The Kier molecular flexibility index (Phi) is 6.89. The molecule has 1 unspecified atom stereocenters. The molecule has 0 rings (SSSR count). The highest BCUT2D eigenvalue weighted by molar-refractivity contribution is 6.82. The second-order valence-corrected chi connectivity index (χ2v) is 11.7. The summed E-state index contributed by atoms with van der Waals surface area (Å²) in [6.45, 7) is 8.91. The lowest BCUT2D eigenvalue weighted by atomic mass is 10.9. The van der Waals surface area contributed by atoms with Gasteiger partial charge in [0, 0.05) is 20.8 Å². The van der Waals surface area contributed by atoms with Crippen molar-refractivity contribution in [3.8, 4) is 0 Å². The average molecular weight is 252 g/mol. The van der Waals surface area contributed by atoms with E-state index >= 15 is 0 Å². The van der Waals surface area contributed by atoms with Crippen molar-refractivity contribution in [2.45, 2.75) is 26.6 Å². The van der Waals surface area contributed by atoms with Gasteiger partial charge in [-0.1, -0.05) is 0 Å². The predicted molar refractivity (Wildman–Crippen MR) is 65.6 cm³/mol. The fourth-order valence-electron chi connectivity index (χ4n) is 1.36. The Morgan fingerprint density at radius 2 is 1.60 bits per heavy atom. The molecule has 0 spiro atoms. The van der Waals surface area contributed by atoms with Crippen LogP contribution in [0.3, 0.4) is 0 Å². The molecule has 0 aromatic heterocycles. The van der Waals surface area contributed by atoms with E-state index in [1.165, 1.54) is 0 Å². The van der Waals surface area contributed by atoms with E-state index in [-0.39, 0.29) is 0 Å². The zero-order valence-electron chi connectivity index (χ0n) is 10.8. The molecule has 0 bridgehead atoms. The van der Waals surface area contributed by atoms with Gasteiger partial charge in [0.05, 0.1) is 12.5 Å². The maximum Gasteiger partial charge on any atom is 0.321 e. The molecule has 0 aliphatic carbocycles. The molecule has 0 saturated carbocycles. The molecule has 0 heterocycles. The SMILES string of the molecule is CCOC[Si](C)(COC)O[Si](C)(C)OC. The summed E-state index contributed by atoms with van der Waals surface area (Å²) in [5.74, 6) is 0. The Morgan fingerprint density at radius 3 is 2.00 bits per heavy atom. The molecule has 92 valence electrons. The van der Waals surface area contributed by atoms with E-state index in [0.29, 0.717) is 19.1 Å². The van der Waals surface area contributed by atoms with E-state index in [1.54, 1.807) is 14.2 Å². The van der Waals surface area contributed by atoms with Crippen molar-refractivity contribution in [1.82, 2.24) is 0 Å². The van der Waals surface area contributed by atoms with Crippen LogP contribution in [-0.4, -0.2) is 50.2 Å². The van der Waals surface area contributed by atoms with E-state index in [0.717, 1.165) is 0 Å². The van der Waals surface area contributed by atoms with E-state index in [9.17, 15) is 0 Å². The molecule has 0 N–H and O–H groups in total.